The lowest BCUT2D eigenvalue weighted by Gasteiger charge is -2.38. The first-order valence-corrected chi connectivity index (χ1v) is 13.1. The number of rotatable bonds is 8. The molecule has 1 amide bonds. The predicted octanol–water partition coefficient (Wildman–Crippen LogP) is 6.01. The Kier molecular flexibility index (Phi) is 9.60. The Bertz CT molecular complexity index is 854. The van der Waals surface area contributed by atoms with E-state index in [9.17, 15) is 14.4 Å². The number of likely N-dealkylation sites (tertiary alicyclic amines) is 1. The van der Waals surface area contributed by atoms with Gasteiger partial charge in [-0.2, -0.15) is 0 Å². The fraction of sp³-hybridized carbons (Fsp3) is 0.759. The molecule has 0 bridgehead atoms. The van der Waals surface area contributed by atoms with Crippen LogP contribution < -0.4 is 0 Å². The number of esters is 1. The van der Waals surface area contributed by atoms with Crippen LogP contribution in [0.25, 0.3) is 0 Å². The summed E-state index contributed by atoms with van der Waals surface area (Å²) in [6.45, 7) is 17.9. The highest BCUT2D eigenvalue weighted by molar-refractivity contribution is 5.92. The molecule has 0 aromatic rings. The van der Waals surface area contributed by atoms with Crippen LogP contribution in [0.15, 0.2) is 24.3 Å². The van der Waals surface area contributed by atoms with Crippen LogP contribution in [-0.2, 0) is 23.8 Å². The third-order valence-corrected chi connectivity index (χ3v) is 6.29. The third-order valence-electron chi connectivity index (χ3n) is 6.29. The van der Waals surface area contributed by atoms with Gasteiger partial charge < -0.3 is 14.2 Å². The minimum atomic E-state index is -0.670. The van der Waals surface area contributed by atoms with Crippen LogP contribution in [-0.4, -0.2) is 59.2 Å². The van der Waals surface area contributed by atoms with Crippen LogP contribution >= 0.6 is 0 Å². The van der Waals surface area contributed by atoms with Crippen molar-refractivity contribution in [1.82, 2.24) is 4.90 Å². The van der Waals surface area contributed by atoms with Crippen LogP contribution in [0.5, 0.6) is 0 Å². The molecule has 7 heteroatoms. The van der Waals surface area contributed by atoms with Gasteiger partial charge in [0.1, 0.15) is 12.2 Å². The highest BCUT2D eigenvalue weighted by Gasteiger charge is 2.55. The summed E-state index contributed by atoms with van der Waals surface area (Å²) >= 11 is 0. The maximum atomic E-state index is 13.4. The lowest BCUT2D eigenvalue weighted by atomic mass is 9.74. The molecule has 0 N–H and O–H groups in total. The standard InChI is InChI=1S/C29H47NO6/c1-26(2,3)24(32)34-20-29-16-15-22(31)18-23(29)30(25(33)36-28(7,8)9)21(19-29)14-12-10-11-13-17-35-27(4,5)6/h12,14-16,21,23H,10-11,13,17-20H2,1-9H3/b14-12+/t21-,23+,29+/m0/s1. The van der Waals surface area contributed by atoms with Gasteiger partial charge in [0.05, 0.1) is 23.1 Å². The van der Waals surface area contributed by atoms with E-state index in [1.807, 2.05) is 74.5 Å². The second-order valence-corrected chi connectivity index (χ2v) is 13.1. The van der Waals surface area contributed by atoms with Crippen LogP contribution in [0.4, 0.5) is 4.79 Å². The lowest BCUT2D eigenvalue weighted by Crippen LogP contribution is -2.50. The summed E-state index contributed by atoms with van der Waals surface area (Å²) < 4.78 is 17.3. The number of amides is 1. The first-order chi connectivity index (χ1) is 16.4. The maximum Gasteiger partial charge on any atom is 0.411 e. The number of allylic oxidation sites excluding steroid dienone is 2. The van der Waals surface area contributed by atoms with Crippen molar-refractivity contribution in [3.05, 3.63) is 24.3 Å². The van der Waals surface area contributed by atoms with Crippen LogP contribution in [0.3, 0.4) is 0 Å². The summed E-state index contributed by atoms with van der Waals surface area (Å²) in [7, 11) is 0. The van der Waals surface area contributed by atoms with Crippen LogP contribution in [0.1, 0.15) is 94.4 Å². The summed E-state index contributed by atoms with van der Waals surface area (Å²) in [5.74, 6) is -0.351. The topological polar surface area (TPSA) is 82.1 Å². The zero-order chi connectivity index (χ0) is 27.4. The fourth-order valence-corrected chi connectivity index (χ4v) is 4.48. The molecule has 7 nitrogen and oxygen atoms in total. The SMILES string of the molecule is CC(C)(C)OCCCC/C=C/[C@H]1C[C@@]2(COC(=O)C(C)(C)C)C=CC(=O)C[C@H]2N1C(=O)OC(C)(C)C. The number of carbonyl (C=O) groups excluding carboxylic acids is 3. The molecule has 0 saturated carbocycles. The molecule has 0 spiro atoms. The second kappa shape index (κ2) is 11.5. The Morgan fingerprint density at radius 3 is 2.31 bits per heavy atom. The van der Waals surface area contributed by atoms with E-state index in [1.165, 1.54) is 0 Å². The Morgan fingerprint density at radius 2 is 1.72 bits per heavy atom. The molecule has 1 heterocycles. The van der Waals surface area contributed by atoms with E-state index in [0.29, 0.717) is 13.0 Å². The molecule has 36 heavy (non-hydrogen) atoms. The predicted molar refractivity (Wildman–Crippen MR) is 141 cm³/mol. The Labute approximate surface area is 217 Å². The minimum Gasteiger partial charge on any atom is -0.464 e. The first kappa shape index (κ1) is 30.1. The monoisotopic (exact) mass is 505 g/mol. The molecular formula is C29H47NO6. The van der Waals surface area contributed by atoms with Crippen LogP contribution in [0.2, 0.25) is 0 Å². The van der Waals surface area contributed by atoms with Gasteiger partial charge in [-0.25, -0.2) is 4.79 Å². The van der Waals surface area contributed by atoms with Gasteiger partial charge in [-0.15, -0.1) is 0 Å². The number of hydrogen-bond donors (Lipinski definition) is 0. The summed E-state index contributed by atoms with van der Waals surface area (Å²) in [5.41, 5.74) is -2.09. The van der Waals surface area contributed by atoms with Gasteiger partial charge in [0.2, 0.25) is 0 Å². The first-order valence-electron chi connectivity index (χ1n) is 13.1. The van der Waals surface area contributed by atoms with E-state index >= 15 is 0 Å². The number of ketones is 1. The fourth-order valence-electron chi connectivity index (χ4n) is 4.48. The molecule has 0 aromatic heterocycles. The van der Waals surface area contributed by atoms with Crippen molar-refractivity contribution in [2.45, 2.75) is 118 Å². The van der Waals surface area contributed by atoms with Gasteiger partial charge in [0.25, 0.3) is 0 Å². The zero-order valence-electron chi connectivity index (χ0n) is 23.8. The van der Waals surface area contributed by atoms with Gasteiger partial charge >= 0.3 is 12.1 Å². The van der Waals surface area contributed by atoms with E-state index in [1.54, 1.807) is 11.0 Å². The Morgan fingerprint density at radius 1 is 1.06 bits per heavy atom. The molecule has 0 unspecified atom stereocenters. The molecule has 1 fully saturated rings. The van der Waals surface area contributed by atoms with Gasteiger partial charge in [-0.3, -0.25) is 14.5 Å². The van der Waals surface area contributed by atoms with Crippen molar-refractivity contribution >= 4 is 17.8 Å². The Balaban J connectivity index is 2.22. The molecule has 2 rings (SSSR count). The number of fused-ring (bicyclic) bond motifs is 1. The summed E-state index contributed by atoms with van der Waals surface area (Å²) in [6.07, 6.45) is 10.6. The summed E-state index contributed by atoms with van der Waals surface area (Å²) in [4.78, 5) is 40.0. The van der Waals surface area contributed by atoms with Crippen LogP contribution in [0, 0.1) is 10.8 Å². The molecule has 3 atom stereocenters. The largest absolute Gasteiger partial charge is 0.464 e. The van der Waals surface area contributed by atoms with Crippen molar-refractivity contribution in [3.8, 4) is 0 Å². The normalized spacial score (nSPS) is 24.8. The van der Waals surface area contributed by atoms with Crippen molar-refractivity contribution in [2.75, 3.05) is 13.2 Å². The van der Waals surface area contributed by atoms with Gasteiger partial charge in [0.15, 0.2) is 5.78 Å². The number of nitrogens with zero attached hydrogens (tertiary/aromatic N) is 1. The van der Waals surface area contributed by atoms with E-state index in [0.717, 1.165) is 19.3 Å². The van der Waals surface area contributed by atoms with Crippen molar-refractivity contribution < 1.29 is 28.6 Å². The quantitative estimate of drug-likeness (QED) is 0.228. The summed E-state index contributed by atoms with van der Waals surface area (Å²) in [6, 6.07) is -0.702. The van der Waals surface area contributed by atoms with E-state index < -0.39 is 28.6 Å². The maximum absolute atomic E-state index is 13.4. The zero-order valence-corrected chi connectivity index (χ0v) is 23.8. The molecule has 1 aliphatic carbocycles. The molecule has 2 aliphatic rings. The van der Waals surface area contributed by atoms with Crippen molar-refractivity contribution in [1.29, 1.82) is 0 Å². The molecule has 1 saturated heterocycles. The average Bonchev–Trinajstić information content (AvgIpc) is 3.02. The highest BCUT2D eigenvalue weighted by Crippen LogP contribution is 2.47. The molecule has 0 radical (unpaired) electrons. The van der Waals surface area contributed by atoms with Gasteiger partial charge in [-0.05, 0) is 94.1 Å². The molecule has 0 aromatic carbocycles. The number of hydrogen-bond acceptors (Lipinski definition) is 6. The number of ether oxygens (including phenoxy) is 3. The lowest BCUT2D eigenvalue weighted by molar-refractivity contribution is -0.156. The molecular weight excluding hydrogens is 458 g/mol. The number of unbranched alkanes of at least 4 members (excludes halogenated alkanes) is 2. The number of carbonyl (C=O) groups is 3. The van der Waals surface area contributed by atoms with Crippen molar-refractivity contribution in [3.63, 3.8) is 0 Å². The molecule has 1 aliphatic heterocycles. The van der Waals surface area contributed by atoms with E-state index in [-0.39, 0.29) is 36.4 Å². The Hall–Kier alpha value is -2.15. The van der Waals surface area contributed by atoms with Crippen molar-refractivity contribution in [2.24, 2.45) is 10.8 Å². The highest BCUT2D eigenvalue weighted by atomic mass is 16.6. The van der Waals surface area contributed by atoms with Gasteiger partial charge in [-0.1, -0.05) is 18.2 Å². The second-order valence-electron chi connectivity index (χ2n) is 13.1. The smallest absolute Gasteiger partial charge is 0.411 e. The molecule has 204 valence electrons. The van der Waals surface area contributed by atoms with Gasteiger partial charge in [0, 0.05) is 18.4 Å². The minimum absolute atomic E-state index is 0.0465. The van der Waals surface area contributed by atoms with E-state index in [2.05, 4.69) is 6.08 Å². The third kappa shape index (κ3) is 8.75. The summed E-state index contributed by atoms with van der Waals surface area (Å²) in [5, 5.41) is 0. The average molecular weight is 506 g/mol. The van der Waals surface area contributed by atoms with E-state index in [4.69, 9.17) is 14.2 Å².